The molecule has 2 N–H and O–H groups in total. The standard InChI is InChI=1S/C10H19NO/c1-8(2)5-4-6-9(3)7-10(11)12/h5,9H,4,6-7H2,1-3H3,(H2,11,12). The Morgan fingerprint density at radius 3 is 2.50 bits per heavy atom. The second kappa shape index (κ2) is 5.81. The van der Waals surface area contributed by atoms with Crippen LogP contribution in [0, 0.1) is 5.92 Å². The fourth-order valence-corrected chi connectivity index (χ4v) is 1.10. The van der Waals surface area contributed by atoms with Gasteiger partial charge in [0.1, 0.15) is 0 Å². The summed E-state index contributed by atoms with van der Waals surface area (Å²) < 4.78 is 0. The van der Waals surface area contributed by atoms with Crippen molar-refractivity contribution in [2.75, 3.05) is 0 Å². The van der Waals surface area contributed by atoms with Gasteiger partial charge in [0.15, 0.2) is 0 Å². The van der Waals surface area contributed by atoms with Crippen molar-refractivity contribution >= 4 is 5.91 Å². The summed E-state index contributed by atoms with van der Waals surface area (Å²) in [6.07, 6.45) is 4.80. The smallest absolute Gasteiger partial charge is 0.217 e. The SMILES string of the molecule is CC(C)=CCCC(C)CC(N)=O. The van der Waals surface area contributed by atoms with Crippen molar-refractivity contribution < 1.29 is 4.79 Å². The average molecular weight is 169 g/mol. The topological polar surface area (TPSA) is 43.1 Å². The van der Waals surface area contributed by atoms with E-state index in [-0.39, 0.29) is 5.91 Å². The minimum absolute atomic E-state index is 0.195. The number of allylic oxidation sites excluding steroid dienone is 2. The maximum Gasteiger partial charge on any atom is 0.217 e. The van der Waals surface area contributed by atoms with Crippen molar-refractivity contribution in [2.24, 2.45) is 11.7 Å². The van der Waals surface area contributed by atoms with Crippen molar-refractivity contribution in [2.45, 2.75) is 40.0 Å². The highest BCUT2D eigenvalue weighted by atomic mass is 16.1. The normalized spacial score (nSPS) is 12.2. The maximum atomic E-state index is 10.5. The zero-order valence-electron chi connectivity index (χ0n) is 8.26. The Labute approximate surface area is 74.8 Å². The molecule has 0 fully saturated rings. The van der Waals surface area contributed by atoms with Gasteiger partial charge in [0.25, 0.3) is 0 Å². The molecule has 0 heterocycles. The van der Waals surface area contributed by atoms with Crippen LogP contribution in [0.25, 0.3) is 0 Å². The predicted octanol–water partition coefficient (Wildman–Crippen LogP) is 2.24. The molecule has 2 nitrogen and oxygen atoms in total. The Morgan fingerprint density at radius 1 is 1.50 bits per heavy atom. The van der Waals surface area contributed by atoms with E-state index in [0.29, 0.717) is 12.3 Å². The summed E-state index contributed by atoms with van der Waals surface area (Å²) in [6.45, 7) is 6.22. The Kier molecular flexibility index (Phi) is 5.43. The second-order valence-corrected chi connectivity index (χ2v) is 3.63. The number of hydrogen-bond donors (Lipinski definition) is 1. The molecular formula is C10H19NO. The van der Waals surface area contributed by atoms with Gasteiger partial charge >= 0.3 is 0 Å². The molecule has 12 heavy (non-hydrogen) atoms. The van der Waals surface area contributed by atoms with Crippen LogP contribution in [0.1, 0.15) is 40.0 Å². The molecule has 0 spiro atoms. The minimum atomic E-state index is -0.195. The van der Waals surface area contributed by atoms with Crippen LogP contribution >= 0.6 is 0 Å². The number of carbonyl (C=O) groups is 1. The monoisotopic (exact) mass is 169 g/mol. The van der Waals surface area contributed by atoms with Crippen LogP contribution in [-0.4, -0.2) is 5.91 Å². The number of nitrogens with two attached hydrogens (primary N) is 1. The van der Waals surface area contributed by atoms with Crippen LogP contribution in [0.5, 0.6) is 0 Å². The predicted molar refractivity (Wildman–Crippen MR) is 51.6 cm³/mol. The van der Waals surface area contributed by atoms with Crippen molar-refractivity contribution in [3.8, 4) is 0 Å². The molecule has 0 radical (unpaired) electrons. The molecule has 2 heteroatoms. The Balaban J connectivity index is 3.50. The Morgan fingerprint density at radius 2 is 2.08 bits per heavy atom. The summed E-state index contributed by atoms with van der Waals surface area (Å²) in [5.41, 5.74) is 6.41. The van der Waals surface area contributed by atoms with E-state index in [1.807, 2.05) is 0 Å². The van der Waals surface area contributed by atoms with E-state index in [1.54, 1.807) is 0 Å². The number of amides is 1. The number of rotatable bonds is 5. The third kappa shape index (κ3) is 7.32. The summed E-state index contributed by atoms with van der Waals surface area (Å²) in [4.78, 5) is 10.5. The molecular weight excluding hydrogens is 150 g/mol. The van der Waals surface area contributed by atoms with Gasteiger partial charge in [0.05, 0.1) is 0 Å². The Bertz CT molecular complexity index is 169. The molecule has 1 amide bonds. The number of hydrogen-bond acceptors (Lipinski definition) is 1. The second-order valence-electron chi connectivity index (χ2n) is 3.63. The highest BCUT2D eigenvalue weighted by Gasteiger charge is 2.03. The van der Waals surface area contributed by atoms with Crippen LogP contribution in [0.15, 0.2) is 11.6 Å². The molecule has 0 saturated heterocycles. The lowest BCUT2D eigenvalue weighted by atomic mass is 10.0. The molecule has 0 saturated carbocycles. The molecule has 0 rings (SSSR count). The summed E-state index contributed by atoms with van der Waals surface area (Å²) in [7, 11) is 0. The largest absolute Gasteiger partial charge is 0.370 e. The van der Waals surface area contributed by atoms with Gasteiger partial charge in [-0.25, -0.2) is 0 Å². The van der Waals surface area contributed by atoms with Crippen LogP contribution in [-0.2, 0) is 4.79 Å². The van der Waals surface area contributed by atoms with Crippen LogP contribution in [0.3, 0.4) is 0 Å². The van der Waals surface area contributed by atoms with Gasteiger partial charge in [0, 0.05) is 6.42 Å². The molecule has 0 aliphatic rings. The van der Waals surface area contributed by atoms with Gasteiger partial charge in [-0.1, -0.05) is 18.6 Å². The lowest BCUT2D eigenvalue weighted by Gasteiger charge is -2.06. The summed E-state index contributed by atoms with van der Waals surface area (Å²) >= 11 is 0. The first-order chi connectivity index (χ1) is 5.52. The molecule has 0 bridgehead atoms. The van der Waals surface area contributed by atoms with Gasteiger partial charge in [-0.05, 0) is 32.6 Å². The van der Waals surface area contributed by atoms with E-state index >= 15 is 0 Å². The van der Waals surface area contributed by atoms with E-state index in [2.05, 4.69) is 26.8 Å². The van der Waals surface area contributed by atoms with E-state index < -0.39 is 0 Å². The van der Waals surface area contributed by atoms with Crippen LogP contribution < -0.4 is 5.73 Å². The number of carbonyl (C=O) groups excluding carboxylic acids is 1. The van der Waals surface area contributed by atoms with Gasteiger partial charge in [-0.3, -0.25) is 4.79 Å². The van der Waals surface area contributed by atoms with Gasteiger partial charge in [-0.15, -0.1) is 0 Å². The first kappa shape index (κ1) is 11.2. The van der Waals surface area contributed by atoms with Crippen molar-refractivity contribution in [1.29, 1.82) is 0 Å². The van der Waals surface area contributed by atoms with Crippen LogP contribution in [0.4, 0.5) is 0 Å². The van der Waals surface area contributed by atoms with Crippen molar-refractivity contribution in [1.82, 2.24) is 0 Å². The first-order valence-corrected chi connectivity index (χ1v) is 4.44. The highest BCUT2D eigenvalue weighted by Crippen LogP contribution is 2.10. The fraction of sp³-hybridized carbons (Fsp3) is 0.700. The summed E-state index contributed by atoms with van der Waals surface area (Å²) in [6, 6.07) is 0. The molecule has 0 aliphatic carbocycles. The van der Waals surface area contributed by atoms with Crippen LogP contribution in [0.2, 0.25) is 0 Å². The fourth-order valence-electron chi connectivity index (χ4n) is 1.10. The number of primary amides is 1. The quantitative estimate of drug-likeness (QED) is 0.630. The summed E-state index contributed by atoms with van der Waals surface area (Å²) in [5, 5.41) is 0. The first-order valence-electron chi connectivity index (χ1n) is 4.44. The van der Waals surface area contributed by atoms with Gasteiger partial charge < -0.3 is 5.73 Å². The molecule has 0 aromatic heterocycles. The maximum absolute atomic E-state index is 10.5. The van der Waals surface area contributed by atoms with E-state index in [0.717, 1.165) is 12.8 Å². The van der Waals surface area contributed by atoms with Crippen molar-refractivity contribution in [3.63, 3.8) is 0 Å². The molecule has 0 aromatic rings. The third-order valence-electron chi connectivity index (χ3n) is 1.76. The minimum Gasteiger partial charge on any atom is -0.370 e. The van der Waals surface area contributed by atoms with E-state index in [9.17, 15) is 4.79 Å². The average Bonchev–Trinajstić information content (AvgIpc) is 1.84. The molecule has 70 valence electrons. The summed E-state index contributed by atoms with van der Waals surface area (Å²) in [5.74, 6) is 0.220. The highest BCUT2D eigenvalue weighted by molar-refractivity contribution is 5.73. The van der Waals surface area contributed by atoms with Gasteiger partial charge in [0.2, 0.25) is 5.91 Å². The van der Waals surface area contributed by atoms with Crippen molar-refractivity contribution in [3.05, 3.63) is 11.6 Å². The molecule has 1 atom stereocenters. The van der Waals surface area contributed by atoms with E-state index in [1.165, 1.54) is 5.57 Å². The van der Waals surface area contributed by atoms with E-state index in [4.69, 9.17) is 5.73 Å². The lowest BCUT2D eigenvalue weighted by molar-refractivity contribution is -0.118. The van der Waals surface area contributed by atoms with Gasteiger partial charge in [-0.2, -0.15) is 0 Å². The molecule has 0 aromatic carbocycles. The molecule has 1 unspecified atom stereocenters. The lowest BCUT2D eigenvalue weighted by Crippen LogP contribution is -2.14. The molecule has 0 aliphatic heterocycles. The Hall–Kier alpha value is -0.790. The third-order valence-corrected chi connectivity index (χ3v) is 1.76. The zero-order chi connectivity index (χ0) is 9.56. The zero-order valence-corrected chi connectivity index (χ0v) is 8.26.